The van der Waals surface area contributed by atoms with Crippen molar-refractivity contribution in [1.82, 2.24) is 14.9 Å². The van der Waals surface area contributed by atoms with Gasteiger partial charge < -0.3 is 31.0 Å². The van der Waals surface area contributed by atoms with Crippen molar-refractivity contribution in [1.29, 1.82) is 0 Å². The monoisotopic (exact) mass is 498 g/mol. The third-order valence-corrected chi connectivity index (χ3v) is 5.63. The van der Waals surface area contributed by atoms with Crippen LogP contribution in [0, 0.1) is 6.92 Å². The summed E-state index contributed by atoms with van der Waals surface area (Å²) < 4.78 is 0. The molecule has 11 heteroatoms. The number of oxime groups is 1. The Hall–Kier alpha value is -2.49. The van der Waals surface area contributed by atoms with Gasteiger partial charge in [0.25, 0.3) is 0 Å². The molecule has 0 radical (unpaired) electrons. The van der Waals surface area contributed by atoms with Crippen molar-refractivity contribution in [2.45, 2.75) is 20.8 Å². The van der Waals surface area contributed by atoms with Gasteiger partial charge in [-0.1, -0.05) is 31.1 Å². The highest BCUT2D eigenvalue weighted by atomic mass is 35.5. The van der Waals surface area contributed by atoms with Crippen molar-refractivity contribution in [3.05, 3.63) is 35.5 Å². The van der Waals surface area contributed by atoms with Gasteiger partial charge in [-0.15, -0.1) is 24.8 Å². The van der Waals surface area contributed by atoms with Gasteiger partial charge in [-0.25, -0.2) is 4.98 Å². The number of nitrogens with two attached hydrogens (primary N) is 2. The molecular formula is C22H36Cl2N8O. The zero-order chi connectivity index (χ0) is 22.2. The summed E-state index contributed by atoms with van der Waals surface area (Å²) in [5.41, 5.74) is 15.7. The van der Waals surface area contributed by atoms with Gasteiger partial charge in [0, 0.05) is 38.4 Å². The third-order valence-electron chi connectivity index (χ3n) is 5.63. The van der Waals surface area contributed by atoms with E-state index in [2.05, 4.69) is 67.9 Å². The van der Waals surface area contributed by atoms with E-state index in [1.807, 2.05) is 6.92 Å². The molecule has 3 rings (SSSR count). The number of piperazine rings is 1. The summed E-state index contributed by atoms with van der Waals surface area (Å²) in [4.78, 5) is 20.7. The van der Waals surface area contributed by atoms with Crippen LogP contribution in [0.3, 0.4) is 0 Å². The van der Waals surface area contributed by atoms with E-state index in [0.717, 1.165) is 62.8 Å². The normalized spacial score (nSPS) is 13.7. The van der Waals surface area contributed by atoms with Crippen LogP contribution >= 0.6 is 24.8 Å². The lowest BCUT2D eigenvalue weighted by Gasteiger charge is -2.38. The standard InChI is InChI=1S/C22H34N8O.2ClH/c1-4-28(5-2)14-15-31-25-16-18-6-8-19(9-7-18)29-10-12-30(13-11-29)20-17(3)26-22(24)27-21(20)23;;/h6-9,16H,4-5,10-15H2,1-3H3,(H4,23,24,26,27);2*1H/b25-16+;;. The van der Waals surface area contributed by atoms with Crippen molar-refractivity contribution in [2.24, 2.45) is 5.16 Å². The first-order valence-corrected chi connectivity index (χ1v) is 10.9. The lowest BCUT2D eigenvalue weighted by Crippen LogP contribution is -2.47. The summed E-state index contributed by atoms with van der Waals surface area (Å²) >= 11 is 0. The molecular weight excluding hydrogens is 463 g/mol. The fourth-order valence-electron chi connectivity index (χ4n) is 3.82. The molecule has 1 aliphatic heterocycles. The third kappa shape index (κ3) is 7.80. The van der Waals surface area contributed by atoms with E-state index in [-0.39, 0.29) is 30.8 Å². The summed E-state index contributed by atoms with van der Waals surface area (Å²) in [7, 11) is 0. The largest absolute Gasteiger partial charge is 0.394 e. The predicted octanol–water partition coefficient (Wildman–Crippen LogP) is 2.81. The number of likely N-dealkylation sites (N-methyl/N-ethyl adjacent to an activating group) is 1. The van der Waals surface area contributed by atoms with E-state index in [0.29, 0.717) is 12.4 Å². The van der Waals surface area contributed by atoms with Gasteiger partial charge in [-0.2, -0.15) is 4.98 Å². The molecule has 184 valence electrons. The molecule has 0 unspecified atom stereocenters. The second-order valence-corrected chi connectivity index (χ2v) is 7.56. The van der Waals surface area contributed by atoms with E-state index >= 15 is 0 Å². The molecule has 0 atom stereocenters. The Bertz CT molecular complexity index is 846. The molecule has 0 saturated carbocycles. The molecule has 1 aliphatic rings. The molecule has 1 aromatic carbocycles. The van der Waals surface area contributed by atoms with Gasteiger partial charge in [0.05, 0.1) is 11.9 Å². The molecule has 2 heterocycles. The van der Waals surface area contributed by atoms with Crippen molar-refractivity contribution in [3.63, 3.8) is 0 Å². The molecule has 0 amide bonds. The zero-order valence-electron chi connectivity index (χ0n) is 19.6. The predicted molar refractivity (Wildman–Crippen MR) is 142 cm³/mol. The summed E-state index contributed by atoms with van der Waals surface area (Å²) in [5.74, 6) is 0.664. The van der Waals surface area contributed by atoms with Gasteiger partial charge in [0.1, 0.15) is 12.3 Å². The first kappa shape index (κ1) is 28.5. The highest BCUT2D eigenvalue weighted by Crippen LogP contribution is 2.27. The number of hydrogen-bond acceptors (Lipinski definition) is 9. The molecule has 2 aromatic rings. The Labute approximate surface area is 209 Å². The Morgan fingerprint density at radius 1 is 1.00 bits per heavy atom. The number of nitrogens with zero attached hydrogens (tertiary/aromatic N) is 6. The topological polar surface area (TPSA) is 109 Å². The molecule has 0 aliphatic carbocycles. The van der Waals surface area contributed by atoms with Crippen LogP contribution in [0.5, 0.6) is 0 Å². The summed E-state index contributed by atoms with van der Waals surface area (Å²) in [5, 5.41) is 4.09. The molecule has 33 heavy (non-hydrogen) atoms. The molecule has 9 nitrogen and oxygen atoms in total. The minimum Gasteiger partial charge on any atom is -0.394 e. The SMILES string of the molecule is CCN(CC)CCO/N=C/c1ccc(N2CCN(c3c(C)nc(N)nc3N)CC2)cc1.Cl.Cl. The van der Waals surface area contributed by atoms with Crippen LogP contribution < -0.4 is 21.3 Å². The quantitative estimate of drug-likeness (QED) is 0.308. The maximum Gasteiger partial charge on any atom is 0.222 e. The molecule has 0 spiro atoms. The van der Waals surface area contributed by atoms with E-state index in [4.69, 9.17) is 16.3 Å². The molecule has 1 fully saturated rings. The van der Waals surface area contributed by atoms with E-state index in [9.17, 15) is 0 Å². The minimum atomic E-state index is 0. The first-order valence-electron chi connectivity index (χ1n) is 10.9. The Kier molecular flexibility index (Phi) is 12.0. The van der Waals surface area contributed by atoms with Crippen LogP contribution in [0.4, 0.5) is 23.1 Å². The summed E-state index contributed by atoms with van der Waals surface area (Å²) in [6, 6.07) is 8.38. The van der Waals surface area contributed by atoms with Gasteiger partial charge in [-0.05, 0) is 37.7 Å². The average Bonchev–Trinajstić information content (AvgIpc) is 2.76. The second kappa shape index (κ2) is 13.9. The van der Waals surface area contributed by atoms with Crippen LogP contribution in [0.25, 0.3) is 0 Å². The smallest absolute Gasteiger partial charge is 0.222 e. The van der Waals surface area contributed by atoms with Gasteiger partial charge >= 0.3 is 0 Å². The number of aromatic nitrogens is 2. The van der Waals surface area contributed by atoms with Crippen LogP contribution in [0.2, 0.25) is 0 Å². The van der Waals surface area contributed by atoms with Gasteiger partial charge in [0.2, 0.25) is 5.95 Å². The molecule has 1 saturated heterocycles. The molecule has 4 N–H and O–H groups in total. The lowest BCUT2D eigenvalue weighted by molar-refractivity contribution is 0.115. The molecule has 1 aromatic heterocycles. The maximum atomic E-state index is 6.09. The van der Waals surface area contributed by atoms with Crippen molar-refractivity contribution in [2.75, 3.05) is 73.7 Å². The number of aryl methyl sites for hydroxylation is 1. The van der Waals surface area contributed by atoms with E-state index in [1.54, 1.807) is 6.21 Å². The number of halogens is 2. The first-order chi connectivity index (χ1) is 15.0. The van der Waals surface area contributed by atoms with Crippen LogP contribution in [0.1, 0.15) is 25.1 Å². The Balaban J connectivity index is 0.00000272. The highest BCUT2D eigenvalue weighted by molar-refractivity contribution is 5.85. The van der Waals surface area contributed by atoms with E-state index in [1.165, 1.54) is 5.69 Å². The highest BCUT2D eigenvalue weighted by Gasteiger charge is 2.22. The maximum absolute atomic E-state index is 6.09. The fraction of sp³-hybridized carbons (Fsp3) is 0.500. The summed E-state index contributed by atoms with van der Waals surface area (Å²) in [6.07, 6.45) is 1.76. The zero-order valence-corrected chi connectivity index (χ0v) is 21.2. The molecule has 0 bridgehead atoms. The minimum absolute atomic E-state index is 0. The van der Waals surface area contributed by atoms with Crippen LogP contribution in [-0.2, 0) is 4.84 Å². The number of hydrogen-bond donors (Lipinski definition) is 2. The number of rotatable bonds is 9. The van der Waals surface area contributed by atoms with Crippen LogP contribution in [0.15, 0.2) is 29.4 Å². The van der Waals surface area contributed by atoms with Crippen molar-refractivity contribution in [3.8, 4) is 0 Å². The van der Waals surface area contributed by atoms with Gasteiger partial charge in [0.15, 0.2) is 5.82 Å². The average molecular weight is 499 g/mol. The number of nitrogen functional groups attached to an aromatic ring is 2. The fourth-order valence-corrected chi connectivity index (χ4v) is 3.82. The van der Waals surface area contributed by atoms with Crippen LogP contribution in [-0.4, -0.2) is 73.5 Å². The lowest BCUT2D eigenvalue weighted by atomic mass is 10.2. The van der Waals surface area contributed by atoms with Crippen molar-refractivity contribution >= 4 is 54.2 Å². The van der Waals surface area contributed by atoms with E-state index < -0.39 is 0 Å². The Morgan fingerprint density at radius 3 is 2.18 bits per heavy atom. The van der Waals surface area contributed by atoms with Crippen molar-refractivity contribution < 1.29 is 4.84 Å². The van der Waals surface area contributed by atoms with Gasteiger partial charge in [-0.3, -0.25) is 0 Å². The number of benzene rings is 1. The Morgan fingerprint density at radius 2 is 1.61 bits per heavy atom. The number of anilines is 4. The summed E-state index contributed by atoms with van der Waals surface area (Å²) in [6.45, 7) is 13.3. The second-order valence-electron chi connectivity index (χ2n) is 7.56.